The number of amides is 2. The smallest absolute Gasteiger partial charge is 0.328 e. The predicted octanol–water partition coefficient (Wildman–Crippen LogP) is 3.83. The summed E-state index contributed by atoms with van der Waals surface area (Å²) in [7, 11) is -1.59. The van der Waals surface area contributed by atoms with Gasteiger partial charge in [0.2, 0.25) is 5.16 Å². The molecular weight excluding hydrogens is 386 g/mol. The highest BCUT2D eigenvalue weighted by Crippen LogP contribution is 2.37. The third-order valence-electron chi connectivity index (χ3n) is 4.21. The molecule has 0 saturated heterocycles. The minimum Gasteiger partial charge on any atom is -0.333 e. The molecule has 0 spiro atoms. The lowest BCUT2D eigenvalue weighted by Gasteiger charge is -2.30. The fraction of sp³-hybridized carbons (Fsp3) is 0.211. The third-order valence-corrected chi connectivity index (χ3v) is 4.91. The Labute approximate surface area is 163 Å². The zero-order chi connectivity index (χ0) is 20.6. The third kappa shape index (κ3) is 3.33. The molecule has 1 atom stereocenters. The Hall–Kier alpha value is -2.94. The normalized spacial score (nSPS) is 14.2. The van der Waals surface area contributed by atoms with Gasteiger partial charge in [-0.1, -0.05) is 24.3 Å². The largest absolute Gasteiger partial charge is 0.333 e. The summed E-state index contributed by atoms with van der Waals surface area (Å²) in [5.74, 6) is -1.86. The molecule has 3 rings (SSSR count). The maximum atomic E-state index is 14.4. The molecular formula is C19H18F2N4O2S. The lowest BCUT2D eigenvalue weighted by molar-refractivity contribution is 0.246. The molecule has 0 saturated carbocycles. The summed E-state index contributed by atoms with van der Waals surface area (Å²) in [4.78, 5) is 21.9. The van der Waals surface area contributed by atoms with E-state index in [0.29, 0.717) is 16.8 Å². The zero-order valence-corrected chi connectivity index (χ0v) is 16.4. The van der Waals surface area contributed by atoms with E-state index in [9.17, 15) is 17.8 Å². The molecule has 1 aliphatic rings. The van der Waals surface area contributed by atoms with Crippen LogP contribution in [0.25, 0.3) is 5.57 Å². The van der Waals surface area contributed by atoms with Crippen molar-refractivity contribution in [1.29, 1.82) is 0 Å². The van der Waals surface area contributed by atoms with E-state index < -0.39 is 34.2 Å². The van der Waals surface area contributed by atoms with Gasteiger partial charge in [-0.3, -0.25) is 4.21 Å². The first kappa shape index (κ1) is 19.8. The van der Waals surface area contributed by atoms with E-state index in [0.717, 1.165) is 22.6 Å². The molecule has 1 aromatic carbocycles. The van der Waals surface area contributed by atoms with E-state index in [4.69, 9.17) is 0 Å². The van der Waals surface area contributed by atoms with Crippen LogP contribution in [0.5, 0.6) is 0 Å². The Kier molecular flexibility index (Phi) is 5.37. The second kappa shape index (κ2) is 7.59. The van der Waals surface area contributed by atoms with Gasteiger partial charge in [0.15, 0.2) is 5.82 Å². The molecule has 6 nitrogen and oxygen atoms in total. The first-order chi connectivity index (χ1) is 13.3. The van der Waals surface area contributed by atoms with Gasteiger partial charge in [-0.15, -0.1) is 0 Å². The number of hydrogen-bond donors (Lipinski definition) is 1. The number of benzene rings is 1. The van der Waals surface area contributed by atoms with Crippen LogP contribution >= 0.6 is 0 Å². The van der Waals surface area contributed by atoms with Crippen LogP contribution in [-0.2, 0) is 17.3 Å². The summed E-state index contributed by atoms with van der Waals surface area (Å²) in [6.45, 7) is 7.54. The highest BCUT2D eigenvalue weighted by Gasteiger charge is 2.34. The van der Waals surface area contributed by atoms with Crippen LogP contribution in [0.15, 0.2) is 41.6 Å². The van der Waals surface area contributed by atoms with E-state index in [1.54, 1.807) is 6.08 Å². The number of carbonyl (C=O) groups excluding carboxylic acids is 1. The minimum absolute atomic E-state index is 0.0106. The van der Waals surface area contributed by atoms with Gasteiger partial charge in [0.25, 0.3) is 0 Å². The standard InChI is InChI=1S/C19H18F2N4O2S/c1-5-11(10(2)3)15-12-9-22-19(26)25(16-13(20)7-6-8-14(16)21)17(12)24-18(23-15)28(4)27/h5-8H,1,9H2,2-4H3,(H,22,26). The van der Waals surface area contributed by atoms with Crippen LogP contribution in [0, 0.1) is 11.6 Å². The number of urea groups is 1. The maximum Gasteiger partial charge on any atom is 0.328 e. The molecule has 0 fully saturated rings. The van der Waals surface area contributed by atoms with Crippen molar-refractivity contribution in [3.63, 3.8) is 0 Å². The first-order valence-electron chi connectivity index (χ1n) is 8.32. The number of nitrogens with zero attached hydrogens (tertiary/aromatic N) is 3. The molecule has 0 aliphatic carbocycles. The van der Waals surface area contributed by atoms with Gasteiger partial charge in [0, 0.05) is 11.8 Å². The highest BCUT2D eigenvalue weighted by atomic mass is 32.2. The number of rotatable bonds is 4. The molecule has 0 radical (unpaired) electrons. The second-order valence-corrected chi connectivity index (χ2v) is 7.57. The van der Waals surface area contributed by atoms with Gasteiger partial charge in [0.05, 0.1) is 23.0 Å². The molecule has 1 unspecified atom stereocenters. The van der Waals surface area contributed by atoms with Crippen molar-refractivity contribution < 1.29 is 17.8 Å². The van der Waals surface area contributed by atoms with E-state index in [1.165, 1.54) is 12.3 Å². The average Bonchev–Trinajstić information content (AvgIpc) is 2.63. The minimum atomic E-state index is -1.59. The number of anilines is 2. The Morgan fingerprint density at radius 2 is 1.93 bits per heavy atom. The number of nitrogens with one attached hydrogen (secondary N) is 1. The van der Waals surface area contributed by atoms with Crippen molar-refractivity contribution in [3.8, 4) is 0 Å². The van der Waals surface area contributed by atoms with E-state index in [-0.39, 0.29) is 17.5 Å². The van der Waals surface area contributed by atoms with Gasteiger partial charge in [-0.2, -0.15) is 0 Å². The molecule has 2 aromatic rings. The molecule has 146 valence electrons. The van der Waals surface area contributed by atoms with Crippen molar-refractivity contribution in [1.82, 2.24) is 15.3 Å². The molecule has 28 heavy (non-hydrogen) atoms. The van der Waals surface area contributed by atoms with Gasteiger partial charge >= 0.3 is 6.03 Å². The predicted molar refractivity (Wildman–Crippen MR) is 104 cm³/mol. The van der Waals surface area contributed by atoms with Gasteiger partial charge in [-0.05, 0) is 31.6 Å². The Morgan fingerprint density at radius 3 is 2.46 bits per heavy atom. The number of para-hydroxylation sites is 1. The van der Waals surface area contributed by atoms with Crippen molar-refractivity contribution in [2.75, 3.05) is 11.2 Å². The Morgan fingerprint density at radius 1 is 1.29 bits per heavy atom. The number of hydrogen-bond acceptors (Lipinski definition) is 4. The summed E-state index contributed by atoms with van der Waals surface area (Å²) in [6.07, 6.45) is 2.98. The van der Waals surface area contributed by atoms with E-state index in [2.05, 4.69) is 21.9 Å². The number of fused-ring (bicyclic) bond motifs is 1. The molecule has 0 bridgehead atoms. The summed E-state index contributed by atoms with van der Waals surface area (Å²) in [5, 5.41) is 2.54. The second-order valence-electron chi connectivity index (χ2n) is 6.29. The summed E-state index contributed by atoms with van der Waals surface area (Å²) in [5.41, 5.74) is 1.84. The number of allylic oxidation sites excluding steroid dienone is 3. The molecule has 1 aliphatic heterocycles. The highest BCUT2D eigenvalue weighted by molar-refractivity contribution is 7.84. The monoisotopic (exact) mass is 404 g/mol. The van der Waals surface area contributed by atoms with Crippen LogP contribution in [0.2, 0.25) is 0 Å². The van der Waals surface area contributed by atoms with E-state index in [1.807, 2.05) is 13.8 Å². The first-order valence-corrected chi connectivity index (χ1v) is 9.88. The fourth-order valence-electron chi connectivity index (χ4n) is 2.94. The molecule has 9 heteroatoms. The van der Waals surface area contributed by atoms with Crippen molar-refractivity contribution >= 4 is 33.9 Å². The van der Waals surface area contributed by atoms with E-state index >= 15 is 0 Å². The lowest BCUT2D eigenvalue weighted by Crippen LogP contribution is -2.43. The topological polar surface area (TPSA) is 75.2 Å². The molecule has 1 aromatic heterocycles. The zero-order valence-electron chi connectivity index (χ0n) is 15.5. The molecule has 1 N–H and O–H groups in total. The quantitative estimate of drug-likeness (QED) is 0.621. The van der Waals surface area contributed by atoms with Crippen molar-refractivity contribution in [2.45, 2.75) is 25.5 Å². The molecule has 2 amide bonds. The fourth-order valence-corrected chi connectivity index (χ4v) is 3.37. The summed E-state index contributed by atoms with van der Waals surface area (Å²) in [6, 6.07) is 2.55. The number of halogens is 2. The van der Waals surface area contributed by atoms with Crippen LogP contribution < -0.4 is 10.2 Å². The Balaban J connectivity index is 2.39. The van der Waals surface area contributed by atoms with Gasteiger partial charge in [0.1, 0.15) is 17.3 Å². The molecule has 2 heterocycles. The van der Waals surface area contributed by atoms with Crippen LogP contribution in [-0.4, -0.2) is 26.5 Å². The van der Waals surface area contributed by atoms with Crippen LogP contribution in [0.1, 0.15) is 25.1 Å². The van der Waals surface area contributed by atoms with Crippen molar-refractivity contribution in [3.05, 3.63) is 59.3 Å². The van der Waals surface area contributed by atoms with Crippen LogP contribution in [0.3, 0.4) is 0 Å². The van der Waals surface area contributed by atoms with Gasteiger partial charge < -0.3 is 5.32 Å². The summed E-state index contributed by atoms with van der Waals surface area (Å²) < 4.78 is 40.9. The number of aromatic nitrogens is 2. The average molecular weight is 404 g/mol. The summed E-state index contributed by atoms with van der Waals surface area (Å²) >= 11 is 0. The maximum absolute atomic E-state index is 14.4. The lowest BCUT2D eigenvalue weighted by atomic mass is 10.0. The van der Waals surface area contributed by atoms with Gasteiger partial charge in [-0.25, -0.2) is 28.4 Å². The number of carbonyl (C=O) groups is 1. The van der Waals surface area contributed by atoms with Crippen LogP contribution in [0.4, 0.5) is 25.1 Å². The SMILES string of the molecule is C=CC(=C(C)C)c1nc(S(C)=O)nc2c1CNC(=O)N2c1c(F)cccc1F. The van der Waals surface area contributed by atoms with Crippen molar-refractivity contribution in [2.24, 2.45) is 0 Å². The Bertz CT molecular complexity index is 1030.